The van der Waals surface area contributed by atoms with Crippen LogP contribution in [0.5, 0.6) is 0 Å². The molecule has 19 heavy (non-hydrogen) atoms. The van der Waals surface area contributed by atoms with Crippen molar-refractivity contribution >= 4 is 30.9 Å². The monoisotopic (exact) mass is 390 g/mol. The van der Waals surface area contributed by atoms with Crippen LogP contribution in [0.2, 0.25) is 18.1 Å². The van der Waals surface area contributed by atoms with Crippen LogP contribution in [0.3, 0.4) is 0 Å². The zero-order valence-corrected chi connectivity index (χ0v) is 16.1. The number of aryl methyl sites for hydroxylation is 1. The van der Waals surface area contributed by atoms with Crippen molar-refractivity contribution in [1.82, 2.24) is 0 Å². The number of hydrogen-bond acceptors (Lipinski definition) is 1. The molecule has 0 N–H and O–H groups in total. The Labute approximate surface area is 133 Å². The third-order valence-corrected chi connectivity index (χ3v) is 9.48. The lowest BCUT2D eigenvalue weighted by atomic mass is 10.1. The molecular weight excluding hydrogens is 363 g/mol. The van der Waals surface area contributed by atoms with Crippen molar-refractivity contribution < 1.29 is 4.43 Å². The minimum absolute atomic E-state index is 0.314. The van der Waals surface area contributed by atoms with Crippen molar-refractivity contribution in [2.75, 3.05) is 6.61 Å². The molecule has 0 aliphatic rings. The van der Waals surface area contributed by atoms with E-state index in [9.17, 15) is 0 Å². The molecule has 0 radical (unpaired) electrons. The van der Waals surface area contributed by atoms with Crippen LogP contribution in [-0.2, 0) is 15.3 Å². The molecule has 0 saturated heterocycles. The number of halogens is 1. The Kier molecular flexibility index (Phi) is 6.53. The van der Waals surface area contributed by atoms with Crippen molar-refractivity contribution in [3.63, 3.8) is 0 Å². The Morgan fingerprint density at radius 1 is 1.05 bits per heavy atom. The SMILES string of the molecule is CC(C)(C)[Si](C)(C)OCCCc1ccc(CI)cc1. The summed E-state index contributed by atoms with van der Waals surface area (Å²) in [4.78, 5) is 0. The van der Waals surface area contributed by atoms with Gasteiger partial charge in [0.15, 0.2) is 8.32 Å². The molecule has 0 fully saturated rings. The number of benzene rings is 1. The van der Waals surface area contributed by atoms with Gasteiger partial charge in [-0.05, 0) is 42.1 Å². The van der Waals surface area contributed by atoms with Gasteiger partial charge in [-0.1, -0.05) is 67.6 Å². The first kappa shape index (κ1) is 17.2. The third-order valence-electron chi connectivity index (χ3n) is 4.06. The van der Waals surface area contributed by atoms with Gasteiger partial charge in [0.2, 0.25) is 0 Å². The van der Waals surface area contributed by atoms with E-state index in [0.717, 1.165) is 23.9 Å². The first-order valence-electron chi connectivity index (χ1n) is 7.04. The van der Waals surface area contributed by atoms with Gasteiger partial charge in [-0.3, -0.25) is 0 Å². The first-order chi connectivity index (χ1) is 8.76. The molecule has 1 aromatic rings. The zero-order chi connectivity index (χ0) is 14.5. The van der Waals surface area contributed by atoms with Gasteiger partial charge in [0.1, 0.15) is 0 Å². The van der Waals surface area contributed by atoms with E-state index in [1.54, 1.807) is 0 Å². The van der Waals surface area contributed by atoms with E-state index >= 15 is 0 Å². The summed E-state index contributed by atoms with van der Waals surface area (Å²) in [5.74, 6) is 0. The molecular formula is C16H27IOSi. The van der Waals surface area contributed by atoms with Gasteiger partial charge < -0.3 is 4.43 Å². The predicted molar refractivity (Wildman–Crippen MR) is 95.6 cm³/mol. The van der Waals surface area contributed by atoms with E-state index in [1.165, 1.54) is 11.1 Å². The fourth-order valence-electron chi connectivity index (χ4n) is 1.62. The normalized spacial score (nSPS) is 12.7. The fraction of sp³-hybridized carbons (Fsp3) is 0.625. The minimum atomic E-state index is -1.56. The van der Waals surface area contributed by atoms with E-state index in [0.29, 0.717) is 5.04 Å². The molecule has 0 atom stereocenters. The summed E-state index contributed by atoms with van der Waals surface area (Å²) in [6.45, 7) is 12.4. The predicted octanol–water partition coefficient (Wildman–Crippen LogP) is 5.58. The fourth-order valence-corrected chi connectivity index (χ4v) is 3.21. The smallest absolute Gasteiger partial charge is 0.191 e. The van der Waals surface area contributed by atoms with Crippen LogP contribution in [0.4, 0.5) is 0 Å². The second-order valence-electron chi connectivity index (χ2n) is 6.66. The molecule has 0 heterocycles. The molecule has 0 unspecified atom stereocenters. The van der Waals surface area contributed by atoms with Crippen LogP contribution >= 0.6 is 22.6 Å². The Balaban J connectivity index is 2.34. The summed E-state index contributed by atoms with van der Waals surface area (Å²) in [5, 5.41) is 0.314. The molecule has 108 valence electrons. The van der Waals surface area contributed by atoms with Gasteiger partial charge in [0.25, 0.3) is 0 Å². The molecule has 0 aromatic heterocycles. The average molecular weight is 390 g/mol. The van der Waals surface area contributed by atoms with E-state index in [1.807, 2.05) is 0 Å². The van der Waals surface area contributed by atoms with Crippen molar-refractivity contribution in [3.8, 4) is 0 Å². The van der Waals surface area contributed by atoms with Crippen LogP contribution in [0.25, 0.3) is 0 Å². The van der Waals surface area contributed by atoms with Crippen molar-refractivity contribution in [1.29, 1.82) is 0 Å². The van der Waals surface area contributed by atoms with Gasteiger partial charge in [-0.15, -0.1) is 0 Å². The topological polar surface area (TPSA) is 9.23 Å². The molecule has 0 aliphatic carbocycles. The Morgan fingerprint density at radius 3 is 2.05 bits per heavy atom. The first-order valence-corrected chi connectivity index (χ1v) is 11.5. The second-order valence-corrected chi connectivity index (χ2v) is 12.2. The molecule has 0 saturated carbocycles. The van der Waals surface area contributed by atoms with E-state index in [2.05, 4.69) is 80.7 Å². The maximum absolute atomic E-state index is 6.20. The molecule has 0 aliphatic heterocycles. The highest BCUT2D eigenvalue weighted by Gasteiger charge is 2.36. The Morgan fingerprint density at radius 2 is 1.58 bits per heavy atom. The van der Waals surface area contributed by atoms with Crippen LogP contribution in [0.15, 0.2) is 24.3 Å². The largest absolute Gasteiger partial charge is 0.417 e. The lowest BCUT2D eigenvalue weighted by Crippen LogP contribution is -2.41. The van der Waals surface area contributed by atoms with Crippen LogP contribution in [-0.4, -0.2) is 14.9 Å². The number of alkyl halides is 1. The zero-order valence-electron chi connectivity index (χ0n) is 12.9. The summed E-state index contributed by atoms with van der Waals surface area (Å²) >= 11 is 2.40. The van der Waals surface area contributed by atoms with Gasteiger partial charge in [0.05, 0.1) is 0 Å². The molecule has 3 heteroatoms. The number of rotatable bonds is 6. The maximum atomic E-state index is 6.20. The van der Waals surface area contributed by atoms with Gasteiger partial charge in [-0.2, -0.15) is 0 Å². The third kappa shape index (κ3) is 5.56. The van der Waals surface area contributed by atoms with Crippen molar-refractivity contribution in [2.24, 2.45) is 0 Å². The molecule has 1 rings (SSSR count). The quantitative estimate of drug-likeness (QED) is 0.267. The molecule has 0 bridgehead atoms. The van der Waals surface area contributed by atoms with Gasteiger partial charge in [-0.25, -0.2) is 0 Å². The summed E-state index contributed by atoms with van der Waals surface area (Å²) < 4.78 is 7.29. The van der Waals surface area contributed by atoms with Gasteiger partial charge in [0, 0.05) is 11.0 Å². The molecule has 0 amide bonds. The Hall–Kier alpha value is 0.127. The summed E-state index contributed by atoms with van der Waals surface area (Å²) in [7, 11) is -1.56. The highest BCUT2D eigenvalue weighted by molar-refractivity contribution is 14.1. The standard InChI is InChI=1S/C16H27IOSi/c1-16(2,3)19(4,5)18-12-6-7-14-8-10-15(13-17)11-9-14/h8-11H,6-7,12-13H2,1-5H3. The number of hydrogen-bond donors (Lipinski definition) is 0. The maximum Gasteiger partial charge on any atom is 0.191 e. The van der Waals surface area contributed by atoms with Gasteiger partial charge >= 0.3 is 0 Å². The summed E-state index contributed by atoms with van der Waals surface area (Å²) in [6.07, 6.45) is 2.24. The Bertz CT molecular complexity index is 379. The summed E-state index contributed by atoms with van der Waals surface area (Å²) in [5.41, 5.74) is 2.83. The van der Waals surface area contributed by atoms with E-state index in [-0.39, 0.29) is 0 Å². The highest BCUT2D eigenvalue weighted by atomic mass is 127. The lowest BCUT2D eigenvalue weighted by molar-refractivity contribution is 0.282. The second kappa shape index (κ2) is 7.23. The van der Waals surface area contributed by atoms with Crippen LogP contribution in [0.1, 0.15) is 38.3 Å². The van der Waals surface area contributed by atoms with E-state index in [4.69, 9.17) is 4.43 Å². The van der Waals surface area contributed by atoms with E-state index < -0.39 is 8.32 Å². The average Bonchev–Trinajstić information content (AvgIpc) is 2.34. The lowest BCUT2D eigenvalue weighted by Gasteiger charge is -2.36. The van der Waals surface area contributed by atoms with Crippen molar-refractivity contribution in [3.05, 3.63) is 35.4 Å². The highest BCUT2D eigenvalue weighted by Crippen LogP contribution is 2.36. The van der Waals surface area contributed by atoms with Crippen LogP contribution < -0.4 is 0 Å². The van der Waals surface area contributed by atoms with Crippen molar-refractivity contribution in [2.45, 2.75) is 56.2 Å². The summed E-state index contributed by atoms with van der Waals surface area (Å²) in [6, 6.07) is 8.97. The molecule has 0 spiro atoms. The molecule has 1 aromatic carbocycles. The minimum Gasteiger partial charge on any atom is -0.417 e. The van der Waals surface area contributed by atoms with Crippen LogP contribution in [0, 0.1) is 0 Å². The molecule has 1 nitrogen and oxygen atoms in total.